The fourth-order valence-corrected chi connectivity index (χ4v) is 4.71. The number of hydrogen-bond donors (Lipinski definition) is 1. The van der Waals surface area contributed by atoms with Gasteiger partial charge in [-0.05, 0) is 56.9 Å². The molecule has 0 unspecified atom stereocenters. The molecule has 0 bridgehead atoms. The predicted molar refractivity (Wildman–Crippen MR) is 124 cm³/mol. The van der Waals surface area contributed by atoms with Crippen LogP contribution in [0.4, 0.5) is 0 Å². The number of quaternary nitrogens is 1. The lowest BCUT2D eigenvalue weighted by atomic mass is 9.72. The van der Waals surface area contributed by atoms with Gasteiger partial charge < -0.3 is 20.1 Å². The van der Waals surface area contributed by atoms with E-state index in [-0.39, 0.29) is 11.8 Å². The normalized spacial score (nSPS) is 16.2. The molecule has 1 rings (SSSR count). The molecule has 1 fully saturated rings. The summed E-state index contributed by atoms with van der Waals surface area (Å²) in [6.07, 6.45) is 16.6. The van der Waals surface area contributed by atoms with Gasteiger partial charge in [-0.15, -0.1) is 0 Å². The molecule has 0 radical (unpaired) electrons. The van der Waals surface area contributed by atoms with Crippen LogP contribution in [0.3, 0.4) is 0 Å². The lowest BCUT2D eigenvalue weighted by molar-refractivity contribution is -0.929. The number of carbonyl (C=O) groups is 1. The molecular formula is C25H52N2O2. The Labute approximate surface area is 182 Å². The molecule has 1 aliphatic carbocycles. The number of carboxylic acids is 1. The zero-order valence-electron chi connectivity index (χ0n) is 20.3. The summed E-state index contributed by atoms with van der Waals surface area (Å²) in [4.78, 5) is 10.5. The Balaban J connectivity index is 0.000000571. The molecule has 0 saturated heterocycles. The van der Waals surface area contributed by atoms with E-state index >= 15 is 0 Å². The second-order valence-corrected chi connectivity index (χ2v) is 9.46. The van der Waals surface area contributed by atoms with Gasteiger partial charge in [0.25, 0.3) is 0 Å². The highest BCUT2D eigenvalue weighted by atomic mass is 16.4. The smallest absolute Gasteiger partial charge is 0.0786 e. The first kappa shape index (κ1) is 28.4. The van der Waals surface area contributed by atoms with Gasteiger partial charge in [-0.25, -0.2) is 0 Å². The summed E-state index contributed by atoms with van der Waals surface area (Å²) in [5.74, 6) is -0.956. The minimum atomic E-state index is -0.956. The van der Waals surface area contributed by atoms with Gasteiger partial charge >= 0.3 is 0 Å². The molecule has 0 aliphatic heterocycles. The molecule has 0 aromatic carbocycles. The second kappa shape index (κ2) is 17.1. The first-order chi connectivity index (χ1) is 13.9. The second-order valence-electron chi connectivity index (χ2n) is 9.46. The molecule has 0 heterocycles. The first-order valence-corrected chi connectivity index (χ1v) is 12.7. The molecule has 0 amide bonds. The van der Waals surface area contributed by atoms with Gasteiger partial charge in [0.2, 0.25) is 0 Å². The van der Waals surface area contributed by atoms with Crippen molar-refractivity contribution < 1.29 is 14.4 Å². The number of nitrogens with two attached hydrogens (primary N) is 1. The fourth-order valence-electron chi connectivity index (χ4n) is 4.71. The molecular weight excluding hydrogens is 360 g/mol. The summed E-state index contributed by atoms with van der Waals surface area (Å²) in [6, 6.07) is 0. The van der Waals surface area contributed by atoms with E-state index in [4.69, 9.17) is 5.73 Å². The SMILES string of the molecule is CCCC[N+](CCCC)(CCCC)CCCC.NCC1(CC(=O)[O-])CCCCC1. The Morgan fingerprint density at radius 1 is 0.793 bits per heavy atom. The maximum absolute atomic E-state index is 10.5. The summed E-state index contributed by atoms with van der Waals surface area (Å²) >= 11 is 0. The maximum Gasteiger partial charge on any atom is 0.0786 e. The van der Waals surface area contributed by atoms with Crippen LogP contribution in [0.2, 0.25) is 0 Å². The molecule has 0 atom stereocenters. The molecule has 1 aliphatic rings. The summed E-state index contributed by atoms with van der Waals surface area (Å²) < 4.78 is 1.42. The van der Waals surface area contributed by atoms with Crippen LogP contribution in [0.5, 0.6) is 0 Å². The van der Waals surface area contributed by atoms with E-state index in [1.165, 1.54) is 88.4 Å². The molecule has 174 valence electrons. The van der Waals surface area contributed by atoms with Crippen LogP contribution in [0.15, 0.2) is 0 Å². The molecule has 29 heavy (non-hydrogen) atoms. The Morgan fingerprint density at radius 3 is 1.45 bits per heavy atom. The monoisotopic (exact) mass is 412 g/mol. The summed E-state index contributed by atoms with van der Waals surface area (Å²) in [5.41, 5.74) is 5.45. The third-order valence-electron chi connectivity index (χ3n) is 6.81. The molecule has 1 saturated carbocycles. The van der Waals surface area contributed by atoms with Crippen molar-refractivity contribution in [2.45, 2.75) is 118 Å². The average Bonchev–Trinajstić information content (AvgIpc) is 2.73. The van der Waals surface area contributed by atoms with E-state index < -0.39 is 5.97 Å². The lowest BCUT2D eigenvalue weighted by Gasteiger charge is -2.39. The van der Waals surface area contributed by atoms with E-state index in [9.17, 15) is 9.90 Å². The molecule has 4 heteroatoms. The predicted octanol–water partition coefficient (Wildman–Crippen LogP) is 5.04. The maximum atomic E-state index is 10.5. The molecule has 0 aromatic heterocycles. The van der Waals surface area contributed by atoms with Crippen molar-refractivity contribution in [3.8, 4) is 0 Å². The van der Waals surface area contributed by atoms with Gasteiger partial charge in [0.15, 0.2) is 0 Å². The van der Waals surface area contributed by atoms with Crippen molar-refractivity contribution in [2.75, 3.05) is 32.7 Å². The fraction of sp³-hybridized carbons (Fsp3) is 0.960. The zero-order valence-corrected chi connectivity index (χ0v) is 20.3. The van der Waals surface area contributed by atoms with E-state index in [1.807, 2.05) is 0 Å². The van der Waals surface area contributed by atoms with E-state index in [0.717, 1.165) is 25.7 Å². The van der Waals surface area contributed by atoms with Crippen molar-refractivity contribution in [3.63, 3.8) is 0 Å². The number of rotatable bonds is 15. The van der Waals surface area contributed by atoms with E-state index in [1.54, 1.807) is 0 Å². The van der Waals surface area contributed by atoms with Crippen LogP contribution in [0, 0.1) is 5.41 Å². The highest BCUT2D eigenvalue weighted by Gasteiger charge is 2.30. The minimum Gasteiger partial charge on any atom is -0.550 e. The van der Waals surface area contributed by atoms with Crippen LogP contribution in [-0.2, 0) is 4.79 Å². The minimum absolute atomic E-state index is 0.142. The number of carboxylic acid groups (broad SMARTS) is 1. The van der Waals surface area contributed by atoms with Gasteiger partial charge in [-0.2, -0.15) is 0 Å². The van der Waals surface area contributed by atoms with E-state index in [0.29, 0.717) is 6.54 Å². The average molecular weight is 413 g/mol. The van der Waals surface area contributed by atoms with Gasteiger partial charge in [-0.1, -0.05) is 72.6 Å². The van der Waals surface area contributed by atoms with Gasteiger partial charge in [0.05, 0.1) is 26.2 Å². The summed E-state index contributed by atoms with van der Waals surface area (Å²) in [7, 11) is 0. The van der Waals surface area contributed by atoms with Crippen molar-refractivity contribution in [2.24, 2.45) is 11.1 Å². The quantitative estimate of drug-likeness (QED) is 0.383. The first-order valence-electron chi connectivity index (χ1n) is 12.7. The molecule has 0 spiro atoms. The van der Waals surface area contributed by atoms with Crippen molar-refractivity contribution in [1.82, 2.24) is 0 Å². The Morgan fingerprint density at radius 2 is 1.17 bits per heavy atom. The summed E-state index contributed by atoms with van der Waals surface area (Å²) in [5, 5.41) is 10.5. The number of nitrogens with zero attached hydrogens (tertiary/aromatic N) is 1. The highest BCUT2D eigenvalue weighted by Crippen LogP contribution is 2.37. The van der Waals surface area contributed by atoms with Crippen LogP contribution < -0.4 is 10.8 Å². The topological polar surface area (TPSA) is 66.2 Å². The standard InChI is InChI=1S/C16H36N.C9H17NO2/c1-5-9-13-17(14-10-6-2,15-11-7-3)16-12-8-4;10-7-9(6-8(11)12)4-2-1-3-5-9/h5-16H2,1-4H3;1-7,10H2,(H,11,12)/q+1;/p-1. The van der Waals surface area contributed by atoms with Gasteiger partial charge in [0, 0.05) is 5.97 Å². The van der Waals surface area contributed by atoms with Crippen LogP contribution >= 0.6 is 0 Å². The third-order valence-corrected chi connectivity index (χ3v) is 6.81. The number of unbranched alkanes of at least 4 members (excludes halogenated alkanes) is 4. The van der Waals surface area contributed by atoms with Gasteiger partial charge in [-0.3, -0.25) is 0 Å². The largest absolute Gasteiger partial charge is 0.550 e. The van der Waals surface area contributed by atoms with E-state index in [2.05, 4.69) is 27.7 Å². The molecule has 2 N–H and O–H groups in total. The summed E-state index contributed by atoms with van der Waals surface area (Å²) in [6.45, 7) is 15.5. The Bertz CT molecular complexity index is 355. The van der Waals surface area contributed by atoms with Crippen LogP contribution in [0.25, 0.3) is 0 Å². The van der Waals surface area contributed by atoms with Gasteiger partial charge in [0.1, 0.15) is 0 Å². The number of carbonyl (C=O) groups excluding carboxylic acids is 1. The third kappa shape index (κ3) is 12.6. The number of aliphatic carboxylic acids is 1. The molecule has 0 aromatic rings. The molecule has 4 nitrogen and oxygen atoms in total. The zero-order chi connectivity index (χ0) is 22.0. The van der Waals surface area contributed by atoms with Crippen molar-refractivity contribution in [1.29, 1.82) is 0 Å². The Kier molecular flexibility index (Phi) is 16.7. The van der Waals surface area contributed by atoms with Crippen LogP contribution in [-0.4, -0.2) is 43.2 Å². The Hall–Kier alpha value is -0.610. The lowest BCUT2D eigenvalue weighted by Crippen LogP contribution is -2.50. The van der Waals surface area contributed by atoms with Crippen molar-refractivity contribution in [3.05, 3.63) is 0 Å². The highest BCUT2D eigenvalue weighted by molar-refractivity contribution is 5.65. The number of hydrogen-bond acceptors (Lipinski definition) is 3. The van der Waals surface area contributed by atoms with Crippen LogP contribution in [0.1, 0.15) is 118 Å². The van der Waals surface area contributed by atoms with Crippen molar-refractivity contribution >= 4 is 5.97 Å².